The third-order valence-electron chi connectivity index (χ3n) is 2.40. The number of nitrogens with zero attached hydrogens (tertiary/aromatic N) is 1. The number of aromatic carboxylic acids is 1. The van der Waals surface area contributed by atoms with E-state index in [1.165, 1.54) is 30.3 Å². The van der Waals surface area contributed by atoms with Crippen LogP contribution in [0.5, 0.6) is 0 Å². The van der Waals surface area contributed by atoms with E-state index in [1.807, 2.05) is 6.07 Å². The second kappa shape index (κ2) is 5.73. The van der Waals surface area contributed by atoms with E-state index in [4.69, 9.17) is 22.0 Å². The zero-order valence-electron chi connectivity index (χ0n) is 10.2. The zero-order valence-corrected chi connectivity index (χ0v) is 12.6. The van der Waals surface area contributed by atoms with Crippen molar-refractivity contribution in [1.82, 2.24) is 0 Å². The van der Waals surface area contributed by atoms with Gasteiger partial charge in [-0.05, 0) is 30.3 Å². The van der Waals surface area contributed by atoms with Crippen LogP contribution < -0.4 is 4.72 Å². The summed E-state index contributed by atoms with van der Waals surface area (Å²) in [4.78, 5) is 10.6. The maximum atomic E-state index is 12.2. The first-order valence-electron chi connectivity index (χ1n) is 5.39. The molecule has 2 N–H and O–H groups in total. The molecule has 0 spiro atoms. The van der Waals surface area contributed by atoms with Crippen molar-refractivity contribution in [2.75, 3.05) is 4.72 Å². The number of carboxylic acids is 1. The Kier molecular flexibility index (Phi) is 4.18. The summed E-state index contributed by atoms with van der Waals surface area (Å²) < 4.78 is 26.6. The van der Waals surface area contributed by atoms with Crippen LogP contribution in [-0.4, -0.2) is 19.5 Å². The number of benzene rings is 1. The Morgan fingerprint density at radius 3 is 2.57 bits per heavy atom. The number of sulfonamides is 1. The van der Waals surface area contributed by atoms with E-state index >= 15 is 0 Å². The number of rotatable bonds is 4. The molecule has 0 bridgehead atoms. The molecule has 2 aromatic rings. The fraction of sp³-hybridized carbons (Fsp3) is 0. The molecule has 0 saturated heterocycles. The van der Waals surface area contributed by atoms with Crippen molar-refractivity contribution in [3.8, 4) is 6.07 Å². The van der Waals surface area contributed by atoms with Gasteiger partial charge in [-0.25, -0.2) is 13.2 Å². The van der Waals surface area contributed by atoms with Crippen LogP contribution in [0.3, 0.4) is 0 Å². The fourth-order valence-electron chi connectivity index (χ4n) is 1.48. The lowest BCUT2D eigenvalue weighted by atomic mass is 10.2. The number of carbonyl (C=O) groups is 1. The number of nitrogens with one attached hydrogen (secondary N) is 1. The van der Waals surface area contributed by atoms with Crippen LogP contribution in [0, 0.1) is 11.3 Å². The lowest BCUT2D eigenvalue weighted by Gasteiger charge is -2.07. The molecule has 0 aliphatic rings. The molecule has 0 radical (unpaired) electrons. The van der Waals surface area contributed by atoms with E-state index in [0.29, 0.717) is 0 Å². The van der Waals surface area contributed by atoms with Crippen molar-refractivity contribution < 1.29 is 18.3 Å². The van der Waals surface area contributed by atoms with Crippen LogP contribution in [0.25, 0.3) is 0 Å². The third kappa shape index (κ3) is 3.33. The van der Waals surface area contributed by atoms with Crippen molar-refractivity contribution in [1.29, 1.82) is 5.26 Å². The molecule has 0 atom stereocenters. The number of anilines is 1. The van der Waals surface area contributed by atoms with Gasteiger partial charge in [0.25, 0.3) is 10.0 Å². The van der Waals surface area contributed by atoms with Crippen molar-refractivity contribution in [2.45, 2.75) is 4.90 Å². The number of carboxylic acid groups (broad SMARTS) is 1. The normalized spacial score (nSPS) is 10.9. The monoisotopic (exact) mass is 342 g/mol. The highest BCUT2D eigenvalue weighted by Gasteiger charge is 2.20. The first-order valence-corrected chi connectivity index (χ1v) is 8.07. The highest BCUT2D eigenvalue weighted by molar-refractivity contribution is 7.93. The quantitative estimate of drug-likeness (QED) is 0.888. The zero-order chi connectivity index (χ0) is 15.6. The summed E-state index contributed by atoms with van der Waals surface area (Å²) >= 11 is 6.64. The predicted octanol–water partition coefficient (Wildman–Crippen LogP) is 2.77. The SMILES string of the molecule is N#Cc1ccc(S(=O)(=O)Nc2ccc(C(=O)O)s2)c(Cl)c1. The number of hydrogen-bond acceptors (Lipinski definition) is 5. The second-order valence-corrected chi connectivity index (χ2v) is 6.97. The highest BCUT2D eigenvalue weighted by Crippen LogP contribution is 2.28. The van der Waals surface area contributed by atoms with Gasteiger partial charge < -0.3 is 5.11 Å². The molecule has 0 saturated carbocycles. The Hall–Kier alpha value is -2.08. The molecule has 2 rings (SSSR count). The van der Waals surface area contributed by atoms with E-state index < -0.39 is 16.0 Å². The largest absolute Gasteiger partial charge is 0.477 e. The highest BCUT2D eigenvalue weighted by atomic mass is 35.5. The van der Waals surface area contributed by atoms with Crippen molar-refractivity contribution in [2.24, 2.45) is 0 Å². The number of nitriles is 1. The van der Waals surface area contributed by atoms with Crippen molar-refractivity contribution in [3.05, 3.63) is 45.8 Å². The minimum atomic E-state index is -3.96. The minimum Gasteiger partial charge on any atom is -0.477 e. The Bertz CT molecular complexity index is 852. The number of thiophene rings is 1. The third-order valence-corrected chi connectivity index (χ3v) is 5.37. The van der Waals surface area contributed by atoms with Crippen molar-refractivity contribution >= 4 is 43.9 Å². The van der Waals surface area contributed by atoms with Gasteiger partial charge in [0.2, 0.25) is 0 Å². The summed E-state index contributed by atoms with van der Waals surface area (Å²) in [6.45, 7) is 0. The molecule has 0 unspecified atom stereocenters. The number of hydrogen-bond donors (Lipinski definition) is 2. The summed E-state index contributed by atoms with van der Waals surface area (Å²) in [7, 11) is -3.96. The average Bonchev–Trinajstić information content (AvgIpc) is 2.86. The molecule has 1 heterocycles. The predicted molar refractivity (Wildman–Crippen MR) is 78.3 cm³/mol. The molecule has 21 heavy (non-hydrogen) atoms. The van der Waals surface area contributed by atoms with Crippen LogP contribution >= 0.6 is 22.9 Å². The Morgan fingerprint density at radius 2 is 2.05 bits per heavy atom. The average molecular weight is 343 g/mol. The molecular weight excluding hydrogens is 336 g/mol. The van der Waals surface area contributed by atoms with Gasteiger partial charge in [-0.3, -0.25) is 4.72 Å². The van der Waals surface area contributed by atoms with E-state index in [0.717, 1.165) is 11.3 Å². The van der Waals surface area contributed by atoms with Gasteiger partial charge in [0.15, 0.2) is 0 Å². The minimum absolute atomic E-state index is 0.0126. The standard InChI is InChI=1S/C12H7ClN2O4S2/c13-8-5-7(6-14)1-3-10(8)21(18,19)15-11-4-2-9(20-11)12(16)17/h1-5,15H,(H,16,17). The molecule has 6 nitrogen and oxygen atoms in total. The van der Waals surface area contributed by atoms with E-state index in [2.05, 4.69) is 4.72 Å². The van der Waals surface area contributed by atoms with E-state index in [9.17, 15) is 13.2 Å². The topological polar surface area (TPSA) is 107 Å². The lowest BCUT2D eigenvalue weighted by Crippen LogP contribution is -2.12. The van der Waals surface area contributed by atoms with Crippen LogP contribution in [0.4, 0.5) is 5.00 Å². The Balaban J connectivity index is 2.34. The molecule has 108 valence electrons. The fourth-order valence-corrected chi connectivity index (χ4v) is 4.07. The number of halogens is 1. The van der Waals surface area contributed by atoms with E-state index in [-0.39, 0.29) is 25.4 Å². The Morgan fingerprint density at radius 1 is 1.33 bits per heavy atom. The van der Waals surface area contributed by atoms with Crippen LogP contribution in [0.2, 0.25) is 5.02 Å². The summed E-state index contributed by atoms with van der Waals surface area (Å²) in [6, 6.07) is 8.29. The maximum Gasteiger partial charge on any atom is 0.345 e. The van der Waals surface area contributed by atoms with Gasteiger partial charge in [0.1, 0.15) is 14.8 Å². The summed E-state index contributed by atoms with van der Waals surface area (Å²) in [5.74, 6) is -1.14. The van der Waals surface area contributed by atoms with Gasteiger partial charge in [-0.2, -0.15) is 5.26 Å². The van der Waals surface area contributed by atoms with Gasteiger partial charge in [0, 0.05) is 0 Å². The lowest BCUT2D eigenvalue weighted by molar-refractivity contribution is 0.0702. The van der Waals surface area contributed by atoms with Crippen LogP contribution in [0.15, 0.2) is 35.2 Å². The van der Waals surface area contributed by atoms with Crippen molar-refractivity contribution in [3.63, 3.8) is 0 Å². The molecule has 0 aliphatic heterocycles. The van der Waals surface area contributed by atoms with Gasteiger partial charge >= 0.3 is 5.97 Å². The first-order chi connectivity index (χ1) is 9.83. The maximum absolute atomic E-state index is 12.2. The van der Waals surface area contributed by atoms with E-state index in [1.54, 1.807) is 0 Å². The summed E-state index contributed by atoms with van der Waals surface area (Å²) in [6.07, 6.45) is 0. The summed E-state index contributed by atoms with van der Waals surface area (Å²) in [5, 5.41) is 17.6. The molecule has 1 aromatic carbocycles. The van der Waals surface area contributed by atoms with Crippen LogP contribution in [0.1, 0.15) is 15.2 Å². The Labute approximate surface area is 129 Å². The molecular formula is C12H7ClN2O4S2. The molecule has 0 fully saturated rings. The second-order valence-electron chi connectivity index (χ2n) is 3.83. The van der Waals surface area contributed by atoms with Gasteiger partial charge in [-0.1, -0.05) is 11.6 Å². The summed E-state index contributed by atoms with van der Waals surface area (Å²) in [5.41, 5.74) is 0.239. The molecule has 1 aromatic heterocycles. The van der Waals surface area contributed by atoms with Gasteiger partial charge in [0.05, 0.1) is 16.7 Å². The molecule has 9 heteroatoms. The van der Waals surface area contributed by atoms with Crippen LogP contribution in [-0.2, 0) is 10.0 Å². The first kappa shape index (κ1) is 15.3. The van der Waals surface area contributed by atoms with Gasteiger partial charge in [-0.15, -0.1) is 11.3 Å². The molecule has 0 aliphatic carbocycles. The molecule has 0 amide bonds. The smallest absolute Gasteiger partial charge is 0.345 e.